The normalized spacial score (nSPS) is 17.3. The van der Waals surface area contributed by atoms with Crippen LogP contribution in [0.3, 0.4) is 0 Å². The summed E-state index contributed by atoms with van der Waals surface area (Å²) < 4.78 is 0. The number of likely N-dealkylation sites (tertiary alicyclic amines) is 1. The van der Waals surface area contributed by atoms with Crippen molar-refractivity contribution in [3.63, 3.8) is 0 Å². The highest BCUT2D eigenvalue weighted by Gasteiger charge is 2.34. The molecule has 1 saturated heterocycles. The number of nitrogens with one attached hydrogen (secondary N) is 1. The molecule has 0 saturated carbocycles. The molecule has 0 aromatic heterocycles. The Hall–Kier alpha value is -2.99. The van der Waals surface area contributed by atoms with Crippen LogP contribution in [0, 0.1) is 0 Å². The minimum Gasteiger partial charge on any atom is -0.354 e. The van der Waals surface area contributed by atoms with Gasteiger partial charge in [0.2, 0.25) is 5.91 Å². The lowest BCUT2D eigenvalue weighted by Gasteiger charge is -2.28. The molecule has 3 amide bonds. The van der Waals surface area contributed by atoms with Crippen LogP contribution in [0.1, 0.15) is 58.0 Å². The van der Waals surface area contributed by atoms with Crippen LogP contribution in [-0.2, 0) is 4.79 Å². The van der Waals surface area contributed by atoms with Gasteiger partial charge in [0.05, 0.1) is 17.2 Å². The smallest absolute Gasteiger partial charge is 0.261 e. The molecule has 1 fully saturated rings. The molecule has 156 valence electrons. The van der Waals surface area contributed by atoms with Gasteiger partial charge in [0.1, 0.15) is 0 Å². The molecular formula is C24H27N3O3. The SMILES string of the molecule is O=C(CCCN1C(=O)c2ccccc2C1=O)NC[C@@H](c1ccccc1)N1CCCC1. The van der Waals surface area contributed by atoms with Crippen molar-refractivity contribution in [2.24, 2.45) is 0 Å². The van der Waals surface area contributed by atoms with E-state index in [0.717, 1.165) is 13.1 Å². The second-order valence-corrected chi connectivity index (χ2v) is 7.88. The monoisotopic (exact) mass is 405 g/mol. The Kier molecular flexibility index (Phi) is 6.23. The molecule has 6 heteroatoms. The van der Waals surface area contributed by atoms with Crippen molar-refractivity contribution in [1.29, 1.82) is 0 Å². The van der Waals surface area contributed by atoms with Crippen molar-refractivity contribution in [3.8, 4) is 0 Å². The average molecular weight is 405 g/mol. The first-order valence-electron chi connectivity index (χ1n) is 10.7. The quantitative estimate of drug-likeness (QED) is 0.686. The Morgan fingerprint density at radius 2 is 1.50 bits per heavy atom. The molecule has 2 aromatic carbocycles. The molecule has 1 atom stereocenters. The van der Waals surface area contributed by atoms with Crippen molar-refractivity contribution < 1.29 is 14.4 Å². The van der Waals surface area contributed by atoms with Crippen LogP contribution in [0.4, 0.5) is 0 Å². The molecular weight excluding hydrogens is 378 g/mol. The zero-order valence-electron chi connectivity index (χ0n) is 17.0. The van der Waals surface area contributed by atoms with Gasteiger partial charge in [-0.15, -0.1) is 0 Å². The van der Waals surface area contributed by atoms with Crippen LogP contribution in [0.5, 0.6) is 0 Å². The van der Waals surface area contributed by atoms with Crippen molar-refractivity contribution >= 4 is 17.7 Å². The number of carbonyl (C=O) groups excluding carboxylic acids is 3. The summed E-state index contributed by atoms with van der Waals surface area (Å²) in [6.07, 6.45) is 3.13. The van der Waals surface area contributed by atoms with Crippen LogP contribution < -0.4 is 5.32 Å². The van der Waals surface area contributed by atoms with Gasteiger partial charge in [0.25, 0.3) is 11.8 Å². The molecule has 0 spiro atoms. The van der Waals surface area contributed by atoms with Gasteiger partial charge in [-0.05, 0) is 50.0 Å². The summed E-state index contributed by atoms with van der Waals surface area (Å²) in [6.45, 7) is 2.92. The predicted octanol–water partition coefficient (Wildman–Crippen LogP) is 3.02. The van der Waals surface area contributed by atoms with E-state index < -0.39 is 0 Å². The number of hydrogen-bond donors (Lipinski definition) is 1. The van der Waals surface area contributed by atoms with Crippen LogP contribution in [0.2, 0.25) is 0 Å². The van der Waals surface area contributed by atoms with Crippen molar-refractivity contribution in [2.45, 2.75) is 31.7 Å². The van der Waals surface area contributed by atoms with Gasteiger partial charge in [-0.2, -0.15) is 0 Å². The maximum atomic E-state index is 12.4. The van der Waals surface area contributed by atoms with Gasteiger partial charge in [-0.1, -0.05) is 42.5 Å². The number of hydrogen-bond acceptors (Lipinski definition) is 4. The first kappa shape index (κ1) is 20.3. The third-order valence-electron chi connectivity index (χ3n) is 5.92. The number of benzene rings is 2. The fourth-order valence-corrected chi connectivity index (χ4v) is 4.33. The predicted molar refractivity (Wildman–Crippen MR) is 114 cm³/mol. The minimum absolute atomic E-state index is 0.0493. The molecule has 1 N–H and O–H groups in total. The van der Waals surface area contributed by atoms with E-state index in [9.17, 15) is 14.4 Å². The Balaban J connectivity index is 1.28. The van der Waals surface area contributed by atoms with Gasteiger partial charge in [0, 0.05) is 19.5 Å². The van der Waals surface area contributed by atoms with E-state index >= 15 is 0 Å². The van der Waals surface area contributed by atoms with Crippen molar-refractivity contribution in [1.82, 2.24) is 15.1 Å². The molecule has 0 aliphatic carbocycles. The number of carbonyl (C=O) groups is 3. The van der Waals surface area contributed by atoms with E-state index in [1.165, 1.54) is 23.3 Å². The van der Waals surface area contributed by atoms with Crippen LogP contribution >= 0.6 is 0 Å². The van der Waals surface area contributed by atoms with Crippen molar-refractivity contribution in [3.05, 3.63) is 71.3 Å². The highest BCUT2D eigenvalue weighted by molar-refractivity contribution is 6.21. The summed E-state index contributed by atoms with van der Waals surface area (Å²) in [5.41, 5.74) is 2.11. The Morgan fingerprint density at radius 1 is 0.900 bits per heavy atom. The lowest BCUT2D eigenvalue weighted by Crippen LogP contribution is -2.37. The molecule has 0 bridgehead atoms. The Bertz CT molecular complexity index is 887. The number of nitrogens with zero attached hydrogens (tertiary/aromatic N) is 2. The van der Waals surface area contributed by atoms with E-state index in [1.54, 1.807) is 24.3 Å². The molecule has 2 aliphatic heterocycles. The van der Waals surface area contributed by atoms with Crippen molar-refractivity contribution in [2.75, 3.05) is 26.2 Å². The summed E-state index contributed by atoms with van der Waals surface area (Å²) in [6, 6.07) is 17.3. The molecule has 2 heterocycles. The second kappa shape index (κ2) is 9.22. The minimum atomic E-state index is -0.269. The Labute approximate surface area is 176 Å². The molecule has 4 rings (SSSR count). The fraction of sp³-hybridized carbons (Fsp3) is 0.375. The lowest BCUT2D eigenvalue weighted by molar-refractivity contribution is -0.121. The van der Waals surface area contributed by atoms with Crippen LogP contribution in [0.15, 0.2) is 54.6 Å². The second-order valence-electron chi connectivity index (χ2n) is 7.88. The Morgan fingerprint density at radius 3 is 2.13 bits per heavy atom. The van der Waals surface area contributed by atoms with E-state index in [0.29, 0.717) is 24.1 Å². The third kappa shape index (κ3) is 4.28. The first-order valence-corrected chi connectivity index (χ1v) is 10.7. The first-order chi connectivity index (χ1) is 14.6. The zero-order valence-corrected chi connectivity index (χ0v) is 17.0. The van der Waals surface area contributed by atoms with Gasteiger partial charge in [0.15, 0.2) is 0 Å². The molecule has 2 aromatic rings. The highest BCUT2D eigenvalue weighted by Crippen LogP contribution is 2.25. The van der Waals surface area contributed by atoms with E-state index in [4.69, 9.17) is 0 Å². The van der Waals surface area contributed by atoms with Gasteiger partial charge < -0.3 is 5.32 Å². The van der Waals surface area contributed by atoms with Gasteiger partial charge in [-0.3, -0.25) is 24.2 Å². The van der Waals surface area contributed by atoms with Crippen LogP contribution in [-0.4, -0.2) is 53.7 Å². The lowest BCUT2D eigenvalue weighted by atomic mass is 10.1. The average Bonchev–Trinajstić information content (AvgIpc) is 3.38. The van der Waals surface area contributed by atoms with E-state index in [2.05, 4.69) is 22.3 Å². The van der Waals surface area contributed by atoms with E-state index in [-0.39, 0.29) is 36.7 Å². The van der Waals surface area contributed by atoms with Crippen LogP contribution in [0.25, 0.3) is 0 Å². The molecule has 0 radical (unpaired) electrons. The van der Waals surface area contributed by atoms with Gasteiger partial charge in [-0.25, -0.2) is 0 Å². The summed E-state index contributed by atoms with van der Waals surface area (Å²) in [5.74, 6) is -0.588. The summed E-state index contributed by atoms with van der Waals surface area (Å²) >= 11 is 0. The fourth-order valence-electron chi connectivity index (χ4n) is 4.33. The topological polar surface area (TPSA) is 69.7 Å². The number of amides is 3. The maximum absolute atomic E-state index is 12.4. The maximum Gasteiger partial charge on any atom is 0.261 e. The number of imide groups is 1. The van der Waals surface area contributed by atoms with E-state index in [1.807, 2.05) is 18.2 Å². The highest BCUT2D eigenvalue weighted by atomic mass is 16.2. The third-order valence-corrected chi connectivity index (χ3v) is 5.92. The molecule has 30 heavy (non-hydrogen) atoms. The zero-order chi connectivity index (χ0) is 20.9. The summed E-state index contributed by atoms with van der Waals surface area (Å²) in [4.78, 5) is 40.9. The molecule has 6 nitrogen and oxygen atoms in total. The van der Waals surface area contributed by atoms with Gasteiger partial charge >= 0.3 is 0 Å². The standard InChI is InChI=1S/C24H27N3O3/c28-22(13-8-16-27-23(29)19-11-4-5-12-20(19)24(27)30)25-17-21(26-14-6-7-15-26)18-9-2-1-3-10-18/h1-5,9-12,21H,6-8,13-17H2,(H,25,28)/t21-/m0/s1. The summed E-state index contributed by atoms with van der Waals surface area (Å²) in [7, 11) is 0. The molecule has 0 unspecified atom stereocenters. The number of fused-ring (bicyclic) bond motifs is 1. The summed E-state index contributed by atoms with van der Waals surface area (Å²) in [5, 5.41) is 3.05. The largest absolute Gasteiger partial charge is 0.354 e. The molecule has 2 aliphatic rings. The number of rotatable bonds is 8.